The summed E-state index contributed by atoms with van der Waals surface area (Å²) in [5.74, 6) is -1.41. The lowest BCUT2D eigenvalue weighted by molar-refractivity contribution is -0.197. The number of carbonyl (C=O) groups is 3. The fraction of sp³-hybridized carbons (Fsp3) is 0.529. The molecule has 0 saturated carbocycles. The summed E-state index contributed by atoms with van der Waals surface area (Å²) in [7, 11) is 0. The van der Waals surface area contributed by atoms with Gasteiger partial charge in [-0.1, -0.05) is 62.9 Å². The van der Waals surface area contributed by atoms with Gasteiger partial charge in [-0.3, -0.25) is 10.1 Å². The number of primary amides is 1. The van der Waals surface area contributed by atoms with Gasteiger partial charge >= 0.3 is 12.1 Å². The number of carbonyl (C=O) groups excluding carboxylic acids is 3. The van der Waals surface area contributed by atoms with E-state index < -0.39 is 46.6 Å². The molecule has 1 unspecified atom stereocenters. The first-order chi connectivity index (χ1) is 22.2. The molecular weight excluding hydrogens is 620 g/mol. The fourth-order valence-corrected chi connectivity index (χ4v) is 6.37. The van der Waals surface area contributed by atoms with Crippen molar-refractivity contribution in [2.24, 2.45) is 11.7 Å². The molecule has 1 aliphatic rings. The standard InChI is InChI=1S/C34H44N6O6S/c1-8-24-25(19-35)29(38-30(26(24)20-36)47-27(28(37)41)22-13-11-10-12-14-22)40-17-15-23(16-18-40)45-34(21(3)4,31(42)44-9-2)39-32(43)46-33(5,6)7/h10-14,21,23,27H,8-9,15-18H2,1-7H3,(H2,37,41)(H,39,43)/t27?,34-/m0/s1. The van der Waals surface area contributed by atoms with Gasteiger partial charge in [0.1, 0.15) is 33.8 Å². The summed E-state index contributed by atoms with van der Waals surface area (Å²) in [5, 5.41) is 22.5. The summed E-state index contributed by atoms with van der Waals surface area (Å²) in [6.45, 7) is 13.1. The number of nitrogens with zero attached hydrogens (tertiary/aromatic N) is 4. The van der Waals surface area contributed by atoms with Crippen molar-refractivity contribution in [2.75, 3.05) is 24.6 Å². The van der Waals surface area contributed by atoms with Crippen molar-refractivity contribution in [3.05, 3.63) is 52.6 Å². The van der Waals surface area contributed by atoms with Crippen molar-refractivity contribution in [3.63, 3.8) is 0 Å². The molecule has 3 N–H and O–H groups in total. The van der Waals surface area contributed by atoms with Gasteiger partial charge < -0.3 is 24.8 Å². The molecule has 2 heterocycles. The first-order valence-corrected chi connectivity index (χ1v) is 16.6. The normalized spacial score (nSPS) is 15.6. The van der Waals surface area contributed by atoms with Gasteiger partial charge in [0.15, 0.2) is 0 Å². The maximum absolute atomic E-state index is 13.3. The minimum Gasteiger partial charge on any atom is -0.462 e. The van der Waals surface area contributed by atoms with Crippen LogP contribution in [0.1, 0.15) is 88.8 Å². The number of piperidine rings is 1. The molecule has 1 saturated heterocycles. The highest BCUT2D eigenvalue weighted by Crippen LogP contribution is 2.40. The molecule has 47 heavy (non-hydrogen) atoms. The second-order valence-corrected chi connectivity index (χ2v) is 13.5. The van der Waals surface area contributed by atoms with E-state index in [4.69, 9.17) is 24.9 Å². The second-order valence-electron chi connectivity index (χ2n) is 12.4. The van der Waals surface area contributed by atoms with Crippen LogP contribution >= 0.6 is 11.8 Å². The third-order valence-corrected chi connectivity index (χ3v) is 8.85. The predicted octanol–water partition coefficient (Wildman–Crippen LogP) is 5.13. The van der Waals surface area contributed by atoms with Crippen molar-refractivity contribution >= 4 is 35.5 Å². The molecule has 2 aromatic rings. The first-order valence-electron chi connectivity index (χ1n) is 15.7. The van der Waals surface area contributed by atoms with Crippen molar-refractivity contribution in [1.82, 2.24) is 10.3 Å². The Balaban J connectivity index is 1.94. The molecule has 0 aliphatic carbocycles. The highest BCUT2D eigenvalue weighted by atomic mass is 32.2. The van der Waals surface area contributed by atoms with Crippen LogP contribution in [0.5, 0.6) is 0 Å². The predicted molar refractivity (Wildman–Crippen MR) is 177 cm³/mol. The molecule has 1 aromatic heterocycles. The molecule has 1 aliphatic heterocycles. The number of aromatic nitrogens is 1. The number of esters is 1. The van der Waals surface area contributed by atoms with Crippen molar-refractivity contribution in [3.8, 4) is 12.1 Å². The van der Waals surface area contributed by atoms with Gasteiger partial charge in [-0.25, -0.2) is 14.6 Å². The third kappa shape index (κ3) is 8.93. The van der Waals surface area contributed by atoms with Crippen LogP contribution in [0.3, 0.4) is 0 Å². The number of hydrogen-bond acceptors (Lipinski definition) is 11. The number of amides is 2. The largest absolute Gasteiger partial charge is 0.462 e. The summed E-state index contributed by atoms with van der Waals surface area (Å²) >= 11 is 1.08. The first kappa shape index (κ1) is 37.1. The molecular formula is C34H44N6O6S. The zero-order valence-corrected chi connectivity index (χ0v) is 28.9. The van der Waals surface area contributed by atoms with Crippen LogP contribution in [-0.2, 0) is 30.2 Å². The Morgan fingerprint density at radius 1 is 1.09 bits per heavy atom. The van der Waals surface area contributed by atoms with Gasteiger partial charge in [0, 0.05) is 19.0 Å². The molecule has 3 rings (SSSR count). The minimum atomic E-state index is -1.80. The third-order valence-electron chi connectivity index (χ3n) is 7.59. The molecule has 2 atom stereocenters. The Labute approximate surface area is 280 Å². The molecule has 252 valence electrons. The monoisotopic (exact) mass is 664 g/mol. The highest BCUT2D eigenvalue weighted by Gasteiger charge is 2.49. The summed E-state index contributed by atoms with van der Waals surface area (Å²) in [6, 6.07) is 13.5. The minimum absolute atomic E-state index is 0.0907. The molecule has 12 nitrogen and oxygen atoms in total. The number of hydrogen-bond donors (Lipinski definition) is 2. The maximum atomic E-state index is 13.3. The van der Waals surface area contributed by atoms with Crippen molar-refractivity contribution in [1.29, 1.82) is 10.5 Å². The maximum Gasteiger partial charge on any atom is 0.410 e. The van der Waals surface area contributed by atoms with E-state index in [-0.39, 0.29) is 17.7 Å². The van der Waals surface area contributed by atoms with Gasteiger partial charge in [0.2, 0.25) is 11.6 Å². The summed E-state index contributed by atoms with van der Waals surface area (Å²) in [6.07, 6.45) is -0.0242. The summed E-state index contributed by atoms with van der Waals surface area (Å²) in [5.41, 5.74) is 4.94. The molecule has 1 fully saturated rings. The average molecular weight is 665 g/mol. The van der Waals surface area contributed by atoms with Gasteiger partial charge in [0.05, 0.1) is 23.8 Å². The van der Waals surface area contributed by atoms with E-state index in [0.29, 0.717) is 54.3 Å². The summed E-state index contributed by atoms with van der Waals surface area (Å²) in [4.78, 5) is 45.5. The van der Waals surface area contributed by atoms with E-state index in [1.54, 1.807) is 65.8 Å². The number of rotatable bonds is 12. The van der Waals surface area contributed by atoms with Crippen LogP contribution in [0, 0.1) is 28.6 Å². The van der Waals surface area contributed by atoms with Crippen LogP contribution in [-0.4, -0.2) is 60.1 Å². The number of pyridine rings is 1. The molecule has 1 aromatic carbocycles. The topological polar surface area (TPSA) is 181 Å². The van der Waals surface area contributed by atoms with E-state index in [2.05, 4.69) is 17.5 Å². The zero-order valence-electron chi connectivity index (χ0n) is 28.1. The van der Waals surface area contributed by atoms with Crippen LogP contribution in [0.25, 0.3) is 0 Å². The molecule has 0 bridgehead atoms. The van der Waals surface area contributed by atoms with Crippen molar-refractivity contribution < 1.29 is 28.6 Å². The Bertz CT molecular complexity index is 1520. The number of ether oxygens (including phenoxy) is 3. The van der Waals surface area contributed by atoms with Crippen LogP contribution in [0.2, 0.25) is 0 Å². The Kier molecular flexibility index (Phi) is 12.6. The lowest BCUT2D eigenvalue weighted by Gasteiger charge is -2.41. The molecule has 0 spiro atoms. The number of alkyl carbamates (subject to hydrolysis) is 1. The van der Waals surface area contributed by atoms with E-state index in [1.165, 1.54) is 0 Å². The smallest absolute Gasteiger partial charge is 0.410 e. The number of nitriles is 2. The van der Waals surface area contributed by atoms with Gasteiger partial charge in [0.25, 0.3) is 0 Å². The Hall–Kier alpha value is -4.33. The average Bonchev–Trinajstić information content (AvgIpc) is 3.02. The van der Waals surface area contributed by atoms with E-state index in [0.717, 1.165) is 11.8 Å². The zero-order chi connectivity index (χ0) is 34.9. The SMILES string of the molecule is CCOC(=O)[C@@](NC(=O)OC(C)(C)C)(OC1CCN(c2nc(SC(C(N)=O)c3ccccc3)c(C#N)c(CC)c2C#N)CC1)C(C)C. The molecule has 0 radical (unpaired) electrons. The second kappa shape index (κ2) is 16.0. The summed E-state index contributed by atoms with van der Waals surface area (Å²) < 4.78 is 17.2. The van der Waals surface area contributed by atoms with Gasteiger partial charge in [-0.2, -0.15) is 10.5 Å². The van der Waals surface area contributed by atoms with Crippen molar-refractivity contribution in [2.45, 2.75) is 95.4 Å². The van der Waals surface area contributed by atoms with E-state index in [9.17, 15) is 24.9 Å². The Morgan fingerprint density at radius 2 is 1.70 bits per heavy atom. The number of benzene rings is 1. The molecule has 2 amide bonds. The van der Waals surface area contributed by atoms with E-state index in [1.807, 2.05) is 17.9 Å². The lowest BCUT2D eigenvalue weighted by Crippen LogP contribution is -2.63. The van der Waals surface area contributed by atoms with Crippen LogP contribution < -0.4 is 16.0 Å². The van der Waals surface area contributed by atoms with Gasteiger partial charge in [-0.15, -0.1) is 0 Å². The lowest BCUT2D eigenvalue weighted by atomic mass is 9.97. The van der Waals surface area contributed by atoms with Crippen LogP contribution in [0.15, 0.2) is 35.4 Å². The van der Waals surface area contributed by atoms with Gasteiger partial charge in [-0.05, 0) is 58.1 Å². The molecule has 13 heteroatoms. The quantitative estimate of drug-likeness (QED) is 0.174. The highest BCUT2D eigenvalue weighted by molar-refractivity contribution is 8.00. The number of anilines is 1. The van der Waals surface area contributed by atoms with E-state index >= 15 is 0 Å². The van der Waals surface area contributed by atoms with Crippen LogP contribution in [0.4, 0.5) is 10.6 Å². The fourth-order valence-electron chi connectivity index (χ4n) is 5.31. The number of nitrogens with two attached hydrogens (primary N) is 1. The number of thioether (sulfide) groups is 1. The Morgan fingerprint density at radius 3 is 2.19 bits per heavy atom. The number of nitrogens with one attached hydrogen (secondary N) is 1.